The van der Waals surface area contributed by atoms with Crippen molar-refractivity contribution in [2.75, 3.05) is 11.9 Å². The predicted molar refractivity (Wildman–Crippen MR) is 104 cm³/mol. The Hall–Kier alpha value is -1.83. The topological polar surface area (TPSA) is 75.6 Å². The number of carbonyl (C=O) groups excluding carboxylic acids is 2. The third-order valence-corrected chi connectivity index (χ3v) is 6.70. The third-order valence-electron chi connectivity index (χ3n) is 4.14. The van der Waals surface area contributed by atoms with Gasteiger partial charge in [-0.05, 0) is 37.5 Å². The standard InChI is InChI=1S/C19H21NO4S2/c1-3-24-19(23)15-13-9-10-14(25-12-7-5-4-6-8-12)16(22)17(13)26-18(15)20-11(2)21/h4-8,14,16,22H,3,9-10H2,1-2H3,(H,20,21)/t14-,16-/m1/s1. The van der Waals surface area contributed by atoms with Crippen LogP contribution in [0.3, 0.4) is 0 Å². The van der Waals surface area contributed by atoms with Gasteiger partial charge in [-0.15, -0.1) is 23.1 Å². The van der Waals surface area contributed by atoms with Gasteiger partial charge in [-0.3, -0.25) is 4.79 Å². The summed E-state index contributed by atoms with van der Waals surface area (Å²) < 4.78 is 5.16. The molecule has 0 radical (unpaired) electrons. The highest BCUT2D eigenvalue weighted by Crippen LogP contribution is 2.47. The van der Waals surface area contributed by atoms with Crippen LogP contribution in [0.4, 0.5) is 5.00 Å². The lowest BCUT2D eigenvalue weighted by atomic mass is 9.93. The fraction of sp³-hybridized carbons (Fsp3) is 0.368. The molecule has 1 aliphatic carbocycles. The van der Waals surface area contributed by atoms with Crippen LogP contribution in [0, 0.1) is 0 Å². The summed E-state index contributed by atoms with van der Waals surface area (Å²) in [4.78, 5) is 25.8. The summed E-state index contributed by atoms with van der Waals surface area (Å²) in [6, 6.07) is 9.95. The van der Waals surface area contributed by atoms with E-state index in [0.717, 1.165) is 21.8 Å². The van der Waals surface area contributed by atoms with E-state index in [0.29, 0.717) is 17.0 Å². The number of thiophene rings is 1. The summed E-state index contributed by atoms with van der Waals surface area (Å²) in [6.45, 7) is 3.41. The van der Waals surface area contributed by atoms with Gasteiger partial charge in [-0.2, -0.15) is 0 Å². The Morgan fingerprint density at radius 3 is 2.73 bits per heavy atom. The van der Waals surface area contributed by atoms with Crippen molar-refractivity contribution in [1.29, 1.82) is 0 Å². The maximum atomic E-state index is 12.4. The van der Waals surface area contributed by atoms with Gasteiger partial charge in [0.15, 0.2) is 0 Å². The van der Waals surface area contributed by atoms with E-state index in [1.165, 1.54) is 18.3 Å². The van der Waals surface area contributed by atoms with Crippen LogP contribution in [0.25, 0.3) is 0 Å². The average molecular weight is 392 g/mol. The normalized spacial score (nSPS) is 18.9. The van der Waals surface area contributed by atoms with Crippen molar-refractivity contribution in [2.24, 2.45) is 0 Å². The molecule has 2 atom stereocenters. The fourth-order valence-corrected chi connectivity index (χ4v) is 5.63. The van der Waals surface area contributed by atoms with Crippen LogP contribution < -0.4 is 5.32 Å². The van der Waals surface area contributed by atoms with Gasteiger partial charge in [0, 0.05) is 21.9 Å². The zero-order valence-corrected chi connectivity index (χ0v) is 16.3. The van der Waals surface area contributed by atoms with Crippen LogP contribution >= 0.6 is 23.1 Å². The van der Waals surface area contributed by atoms with Crippen molar-refractivity contribution in [1.82, 2.24) is 0 Å². The number of hydrogen-bond donors (Lipinski definition) is 2. The van der Waals surface area contributed by atoms with Gasteiger partial charge in [-0.1, -0.05) is 18.2 Å². The number of esters is 1. The maximum absolute atomic E-state index is 12.4. The van der Waals surface area contributed by atoms with E-state index in [4.69, 9.17) is 4.74 Å². The van der Waals surface area contributed by atoms with Crippen molar-refractivity contribution in [3.05, 3.63) is 46.3 Å². The smallest absolute Gasteiger partial charge is 0.341 e. The molecule has 0 spiro atoms. The first-order chi connectivity index (χ1) is 12.5. The molecule has 2 N–H and O–H groups in total. The molecule has 0 unspecified atom stereocenters. The molecule has 1 heterocycles. The number of thioether (sulfide) groups is 1. The summed E-state index contributed by atoms with van der Waals surface area (Å²) >= 11 is 2.91. The van der Waals surface area contributed by atoms with Gasteiger partial charge in [0.2, 0.25) is 5.91 Å². The highest BCUT2D eigenvalue weighted by Gasteiger charge is 2.36. The van der Waals surface area contributed by atoms with E-state index >= 15 is 0 Å². The zero-order chi connectivity index (χ0) is 18.7. The van der Waals surface area contributed by atoms with Crippen LogP contribution in [-0.2, 0) is 16.0 Å². The van der Waals surface area contributed by atoms with Gasteiger partial charge >= 0.3 is 5.97 Å². The van der Waals surface area contributed by atoms with Crippen molar-refractivity contribution < 1.29 is 19.4 Å². The lowest BCUT2D eigenvalue weighted by molar-refractivity contribution is -0.114. The quantitative estimate of drug-likeness (QED) is 0.753. The molecule has 5 nitrogen and oxygen atoms in total. The van der Waals surface area contributed by atoms with Gasteiger partial charge in [0.1, 0.15) is 11.1 Å². The van der Waals surface area contributed by atoms with Crippen molar-refractivity contribution in [3.8, 4) is 0 Å². The highest BCUT2D eigenvalue weighted by molar-refractivity contribution is 8.00. The number of hydrogen-bond acceptors (Lipinski definition) is 6. The summed E-state index contributed by atoms with van der Waals surface area (Å²) in [5.41, 5.74) is 1.19. The maximum Gasteiger partial charge on any atom is 0.341 e. The molecular weight excluding hydrogens is 370 g/mol. The second-order valence-corrected chi connectivity index (χ2v) is 8.37. The van der Waals surface area contributed by atoms with Crippen LogP contribution in [0.2, 0.25) is 0 Å². The number of benzene rings is 1. The van der Waals surface area contributed by atoms with Crippen LogP contribution in [0.5, 0.6) is 0 Å². The molecule has 0 bridgehead atoms. The Labute approximate surface area is 160 Å². The van der Waals surface area contributed by atoms with E-state index in [1.54, 1.807) is 18.7 Å². The molecule has 0 aliphatic heterocycles. The van der Waals surface area contributed by atoms with Gasteiger partial charge in [0.25, 0.3) is 0 Å². The van der Waals surface area contributed by atoms with E-state index in [1.807, 2.05) is 30.3 Å². The molecule has 26 heavy (non-hydrogen) atoms. The molecular formula is C19H21NO4S2. The largest absolute Gasteiger partial charge is 0.462 e. The number of aliphatic hydroxyl groups is 1. The minimum atomic E-state index is -0.690. The number of amides is 1. The van der Waals surface area contributed by atoms with E-state index < -0.39 is 12.1 Å². The second kappa shape index (κ2) is 8.24. The van der Waals surface area contributed by atoms with Crippen LogP contribution in [-0.4, -0.2) is 28.8 Å². The number of nitrogens with one attached hydrogen (secondary N) is 1. The van der Waals surface area contributed by atoms with Crippen LogP contribution in [0.15, 0.2) is 35.2 Å². The Balaban J connectivity index is 1.91. The van der Waals surface area contributed by atoms with Gasteiger partial charge < -0.3 is 15.2 Å². The minimum absolute atomic E-state index is 0.00349. The number of rotatable bonds is 5. The lowest BCUT2D eigenvalue weighted by Crippen LogP contribution is -2.22. The molecule has 1 aromatic carbocycles. The fourth-order valence-electron chi connectivity index (χ4n) is 3.05. The van der Waals surface area contributed by atoms with Crippen molar-refractivity contribution in [2.45, 2.75) is 42.9 Å². The monoisotopic (exact) mass is 391 g/mol. The summed E-state index contributed by atoms with van der Waals surface area (Å²) in [7, 11) is 0. The third kappa shape index (κ3) is 3.95. The molecule has 1 aromatic heterocycles. The first kappa shape index (κ1) is 18.9. The number of aliphatic hydroxyl groups excluding tert-OH is 1. The van der Waals surface area contributed by atoms with E-state index in [2.05, 4.69) is 5.32 Å². The first-order valence-corrected chi connectivity index (χ1v) is 10.2. The number of carbonyl (C=O) groups is 2. The first-order valence-electron chi connectivity index (χ1n) is 8.51. The molecule has 3 rings (SSSR count). The predicted octanol–water partition coefficient (Wildman–Crippen LogP) is 4.02. The second-order valence-electron chi connectivity index (χ2n) is 6.00. The number of fused-ring (bicyclic) bond motifs is 1. The van der Waals surface area contributed by atoms with E-state index in [-0.39, 0.29) is 17.8 Å². The molecule has 1 aliphatic rings. The summed E-state index contributed by atoms with van der Waals surface area (Å²) in [5, 5.41) is 14.1. The number of ether oxygens (including phenoxy) is 1. The Morgan fingerprint density at radius 1 is 1.35 bits per heavy atom. The molecule has 0 saturated heterocycles. The average Bonchev–Trinajstić information content (AvgIpc) is 2.97. The summed E-state index contributed by atoms with van der Waals surface area (Å²) in [6.07, 6.45) is 0.724. The van der Waals surface area contributed by atoms with E-state index in [9.17, 15) is 14.7 Å². The number of anilines is 1. The molecule has 138 valence electrons. The van der Waals surface area contributed by atoms with Crippen molar-refractivity contribution >= 4 is 40.0 Å². The zero-order valence-electron chi connectivity index (χ0n) is 14.7. The Kier molecular flexibility index (Phi) is 6.01. The molecule has 1 amide bonds. The van der Waals surface area contributed by atoms with Crippen molar-refractivity contribution in [3.63, 3.8) is 0 Å². The molecule has 0 fully saturated rings. The molecule has 0 saturated carbocycles. The SMILES string of the molecule is CCOC(=O)c1c(NC(C)=O)sc2c1CC[C@@H](Sc1ccccc1)[C@H]2O. The lowest BCUT2D eigenvalue weighted by Gasteiger charge is -2.27. The molecule has 7 heteroatoms. The minimum Gasteiger partial charge on any atom is -0.462 e. The van der Waals surface area contributed by atoms with Gasteiger partial charge in [0.05, 0.1) is 12.2 Å². The molecule has 2 aromatic rings. The van der Waals surface area contributed by atoms with Crippen LogP contribution in [0.1, 0.15) is 47.2 Å². The Morgan fingerprint density at radius 2 is 2.08 bits per heavy atom. The highest BCUT2D eigenvalue weighted by atomic mass is 32.2. The Bertz CT molecular complexity index is 803. The van der Waals surface area contributed by atoms with Gasteiger partial charge in [-0.25, -0.2) is 4.79 Å². The summed E-state index contributed by atoms with van der Waals surface area (Å²) in [5.74, 6) is -0.700.